The minimum absolute atomic E-state index is 0. The zero-order valence-corrected chi connectivity index (χ0v) is 13.9. The number of amides is 2. The summed E-state index contributed by atoms with van der Waals surface area (Å²) in [6.45, 7) is 6.16. The number of nitrogens with one attached hydrogen (secondary N) is 2. The SMILES string of the molecule is CCN(CC)C(=O)c1cccc(NC(=O)[C@@H]2CCCN2)c1.Cl. The number of rotatable bonds is 5. The van der Waals surface area contributed by atoms with E-state index in [1.165, 1.54) is 0 Å². The van der Waals surface area contributed by atoms with Crippen LogP contribution in [0.15, 0.2) is 24.3 Å². The van der Waals surface area contributed by atoms with E-state index in [1.807, 2.05) is 19.9 Å². The molecule has 1 aliphatic rings. The fourth-order valence-electron chi connectivity index (χ4n) is 2.56. The Morgan fingerprint density at radius 3 is 2.64 bits per heavy atom. The highest BCUT2D eigenvalue weighted by molar-refractivity contribution is 5.98. The van der Waals surface area contributed by atoms with Crippen molar-refractivity contribution in [1.29, 1.82) is 0 Å². The van der Waals surface area contributed by atoms with Crippen LogP contribution in [0.1, 0.15) is 37.0 Å². The normalized spacial score (nSPS) is 16.7. The number of carbonyl (C=O) groups excluding carboxylic acids is 2. The van der Waals surface area contributed by atoms with E-state index in [4.69, 9.17) is 0 Å². The molecule has 0 aromatic heterocycles. The Hall–Kier alpha value is -1.59. The molecule has 2 amide bonds. The van der Waals surface area contributed by atoms with Crippen molar-refractivity contribution in [3.8, 4) is 0 Å². The zero-order chi connectivity index (χ0) is 15.2. The van der Waals surface area contributed by atoms with Gasteiger partial charge in [-0.25, -0.2) is 0 Å². The molecule has 2 N–H and O–H groups in total. The van der Waals surface area contributed by atoms with Crippen molar-refractivity contribution < 1.29 is 9.59 Å². The Balaban J connectivity index is 0.00000242. The summed E-state index contributed by atoms with van der Waals surface area (Å²) in [6.07, 6.45) is 1.89. The van der Waals surface area contributed by atoms with Crippen molar-refractivity contribution in [2.24, 2.45) is 0 Å². The third kappa shape index (κ3) is 4.45. The maximum absolute atomic E-state index is 12.3. The lowest BCUT2D eigenvalue weighted by atomic mass is 10.1. The van der Waals surface area contributed by atoms with Crippen LogP contribution in [0.4, 0.5) is 5.69 Å². The molecule has 22 heavy (non-hydrogen) atoms. The van der Waals surface area contributed by atoms with Gasteiger partial charge in [0, 0.05) is 24.3 Å². The molecule has 1 saturated heterocycles. The average Bonchev–Trinajstić information content (AvgIpc) is 3.03. The summed E-state index contributed by atoms with van der Waals surface area (Å²) < 4.78 is 0. The van der Waals surface area contributed by atoms with Gasteiger partial charge in [-0.1, -0.05) is 6.07 Å². The van der Waals surface area contributed by atoms with Crippen LogP contribution >= 0.6 is 12.4 Å². The average molecular weight is 326 g/mol. The first-order valence-corrected chi connectivity index (χ1v) is 7.59. The first kappa shape index (κ1) is 18.5. The lowest BCUT2D eigenvalue weighted by Crippen LogP contribution is -2.35. The van der Waals surface area contributed by atoms with Crippen LogP contribution in [0.5, 0.6) is 0 Å². The van der Waals surface area contributed by atoms with Crippen LogP contribution in [-0.2, 0) is 4.79 Å². The number of nitrogens with zero attached hydrogens (tertiary/aromatic N) is 1. The molecule has 1 aromatic carbocycles. The summed E-state index contributed by atoms with van der Waals surface area (Å²) in [7, 11) is 0. The van der Waals surface area contributed by atoms with E-state index in [1.54, 1.807) is 23.1 Å². The molecular formula is C16H24ClN3O2. The fraction of sp³-hybridized carbons (Fsp3) is 0.500. The third-order valence-corrected chi connectivity index (χ3v) is 3.80. The second kappa shape index (κ2) is 8.76. The molecule has 2 rings (SSSR count). The van der Waals surface area contributed by atoms with Crippen LogP contribution < -0.4 is 10.6 Å². The lowest BCUT2D eigenvalue weighted by Gasteiger charge is -2.19. The third-order valence-electron chi connectivity index (χ3n) is 3.80. The molecule has 0 saturated carbocycles. The van der Waals surface area contributed by atoms with Crippen molar-refractivity contribution in [3.63, 3.8) is 0 Å². The Morgan fingerprint density at radius 2 is 2.05 bits per heavy atom. The van der Waals surface area contributed by atoms with Gasteiger partial charge in [0.05, 0.1) is 6.04 Å². The molecule has 1 aromatic rings. The summed E-state index contributed by atoms with van der Waals surface area (Å²) in [5.74, 6) is -0.0324. The molecule has 0 unspecified atom stereocenters. The highest BCUT2D eigenvalue weighted by Gasteiger charge is 2.22. The fourth-order valence-corrected chi connectivity index (χ4v) is 2.56. The van der Waals surface area contributed by atoms with Crippen LogP contribution in [0.25, 0.3) is 0 Å². The van der Waals surface area contributed by atoms with E-state index in [9.17, 15) is 9.59 Å². The van der Waals surface area contributed by atoms with Gasteiger partial charge in [0.2, 0.25) is 5.91 Å². The highest BCUT2D eigenvalue weighted by atomic mass is 35.5. The van der Waals surface area contributed by atoms with Gasteiger partial charge in [-0.3, -0.25) is 9.59 Å². The van der Waals surface area contributed by atoms with Gasteiger partial charge >= 0.3 is 0 Å². The second-order valence-corrected chi connectivity index (χ2v) is 5.20. The van der Waals surface area contributed by atoms with Crippen LogP contribution in [0.3, 0.4) is 0 Å². The van der Waals surface area contributed by atoms with E-state index >= 15 is 0 Å². The number of carbonyl (C=O) groups is 2. The van der Waals surface area contributed by atoms with E-state index < -0.39 is 0 Å². The number of hydrogen-bond donors (Lipinski definition) is 2. The van der Waals surface area contributed by atoms with Crippen molar-refractivity contribution in [1.82, 2.24) is 10.2 Å². The molecule has 122 valence electrons. The smallest absolute Gasteiger partial charge is 0.253 e. The highest BCUT2D eigenvalue weighted by Crippen LogP contribution is 2.14. The quantitative estimate of drug-likeness (QED) is 0.873. The van der Waals surface area contributed by atoms with E-state index in [2.05, 4.69) is 10.6 Å². The van der Waals surface area contributed by atoms with Gasteiger partial charge in [0.15, 0.2) is 0 Å². The largest absolute Gasteiger partial charge is 0.339 e. The zero-order valence-electron chi connectivity index (χ0n) is 13.1. The molecule has 0 aliphatic carbocycles. The molecule has 6 heteroatoms. The van der Waals surface area contributed by atoms with Gasteiger partial charge in [0.1, 0.15) is 0 Å². The van der Waals surface area contributed by atoms with Gasteiger partial charge < -0.3 is 15.5 Å². The van der Waals surface area contributed by atoms with Crippen molar-refractivity contribution >= 4 is 29.9 Å². The summed E-state index contributed by atoms with van der Waals surface area (Å²) >= 11 is 0. The molecule has 0 spiro atoms. The predicted octanol–water partition coefficient (Wildman–Crippen LogP) is 2.28. The van der Waals surface area contributed by atoms with E-state index in [0.717, 1.165) is 19.4 Å². The Morgan fingerprint density at radius 1 is 1.32 bits per heavy atom. The number of anilines is 1. The molecule has 0 bridgehead atoms. The summed E-state index contributed by atoms with van der Waals surface area (Å²) in [5.41, 5.74) is 1.28. The predicted molar refractivity (Wildman–Crippen MR) is 90.6 cm³/mol. The van der Waals surface area contributed by atoms with Gasteiger partial charge in [0.25, 0.3) is 5.91 Å². The number of hydrogen-bond acceptors (Lipinski definition) is 3. The minimum Gasteiger partial charge on any atom is -0.339 e. The monoisotopic (exact) mass is 325 g/mol. The summed E-state index contributed by atoms with van der Waals surface area (Å²) in [5, 5.41) is 6.05. The molecule has 5 nitrogen and oxygen atoms in total. The minimum atomic E-state index is -0.118. The molecule has 1 aliphatic heterocycles. The molecule has 1 atom stereocenters. The molecular weight excluding hydrogens is 302 g/mol. The summed E-state index contributed by atoms with van der Waals surface area (Å²) in [4.78, 5) is 26.1. The second-order valence-electron chi connectivity index (χ2n) is 5.20. The van der Waals surface area contributed by atoms with Gasteiger partial charge in [-0.15, -0.1) is 12.4 Å². The maximum atomic E-state index is 12.3. The van der Waals surface area contributed by atoms with Crippen molar-refractivity contribution in [2.45, 2.75) is 32.7 Å². The number of halogens is 1. The van der Waals surface area contributed by atoms with Crippen LogP contribution in [0, 0.1) is 0 Å². The van der Waals surface area contributed by atoms with Crippen LogP contribution in [-0.4, -0.2) is 42.4 Å². The molecule has 1 heterocycles. The summed E-state index contributed by atoms with van der Waals surface area (Å²) in [6, 6.07) is 7.02. The maximum Gasteiger partial charge on any atom is 0.253 e. The first-order valence-electron chi connectivity index (χ1n) is 7.59. The Labute approximate surface area is 137 Å². The molecule has 1 fully saturated rings. The standard InChI is InChI=1S/C16H23N3O2.ClH/c1-3-19(4-2)16(21)12-7-5-8-13(11-12)18-15(20)14-9-6-10-17-14;/h5,7-8,11,14,17H,3-4,6,9-10H2,1-2H3,(H,18,20);1H/t14-;/m0./s1. The first-order chi connectivity index (χ1) is 10.2. The van der Waals surface area contributed by atoms with Crippen LogP contribution in [0.2, 0.25) is 0 Å². The Kier molecular flexibility index (Phi) is 7.35. The Bertz CT molecular complexity index is 512. The lowest BCUT2D eigenvalue weighted by molar-refractivity contribution is -0.117. The molecule has 0 radical (unpaired) electrons. The number of benzene rings is 1. The van der Waals surface area contributed by atoms with E-state index in [-0.39, 0.29) is 30.3 Å². The van der Waals surface area contributed by atoms with Crippen molar-refractivity contribution in [3.05, 3.63) is 29.8 Å². The topological polar surface area (TPSA) is 61.4 Å². The van der Waals surface area contributed by atoms with Gasteiger partial charge in [-0.2, -0.15) is 0 Å². The van der Waals surface area contributed by atoms with Gasteiger partial charge in [-0.05, 0) is 51.4 Å². The van der Waals surface area contributed by atoms with Crippen molar-refractivity contribution in [2.75, 3.05) is 25.0 Å². The van der Waals surface area contributed by atoms with E-state index in [0.29, 0.717) is 24.3 Å².